The Balaban J connectivity index is 1.90. The van der Waals surface area contributed by atoms with Crippen molar-refractivity contribution >= 4 is 31.9 Å². The van der Waals surface area contributed by atoms with Crippen LogP contribution in [0.3, 0.4) is 0 Å². The smallest absolute Gasteiger partial charge is 0.173 e. The largest absolute Gasteiger partial charge is 0.351 e. The first-order valence-electron chi connectivity index (χ1n) is 8.34. The van der Waals surface area contributed by atoms with Gasteiger partial charge in [-0.3, -0.25) is 0 Å². The van der Waals surface area contributed by atoms with Gasteiger partial charge in [-0.25, -0.2) is 0 Å². The Hall–Kier alpha value is 0.840. The minimum atomic E-state index is -0.194. The Bertz CT molecular complexity index is 271. The fraction of sp³-hybridized carbons (Fsp3) is 1.00. The van der Waals surface area contributed by atoms with Crippen LogP contribution in [0, 0.1) is 11.8 Å². The van der Waals surface area contributed by atoms with E-state index in [0.29, 0.717) is 11.8 Å². The molecule has 21 heavy (non-hydrogen) atoms. The molecule has 2 aliphatic heterocycles. The van der Waals surface area contributed by atoms with Gasteiger partial charge in [-0.2, -0.15) is 0 Å². The van der Waals surface area contributed by atoms with Crippen LogP contribution in [0.15, 0.2) is 0 Å². The predicted octanol–water partition coefficient (Wildman–Crippen LogP) is 4.86. The van der Waals surface area contributed by atoms with Gasteiger partial charge in [0.25, 0.3) is 0 Å². The Morgan fingerprint density at radius 3 is 1.67 bits per heavy atom. The van der Waals surface area contributed by atoms with E-state index in [4.69, 9.17) is 14.2 Å². The second-order valence-electron chi connectivity index (χ2n) is 6.18. The van der Waals surface area contributed by atoms with E-state index in [2.05, 4.69) is 45.7 Å². The first-order chi connectivity index (χ1) is 10.2. The summed E-state index contributed by atoms with van der Waals surface area (Å²) < 4.78 is 17.9. The highest BCUT2D eigenvalue weighted by Crippen LogP contribution is 2.36. The molecule has 0 saturated carbocycles. The topological polar surface area (TPSA) is 27.7 Å². The number of rotatable bonds is 6. The highest BCUT2D eigenvalue weighted by atomic mass is 79.9. The zero-order valence-electron chi connectivity index (χ0n) is 13.1. The number of hydrogen-bond donors (Lipinski definition) is 0. The first kappa shape index (κ1) is 18.2. The van der Waals surface area contributed by atoms with Crippen molar-refractivity contribution in [3.63, 3.8) is 0 Å². The highest BCUT2D eigenvalue weighted by Gasteiger charge is 2.39. The Morgan fingerprint density at radius 2 is 1.29 bits per heavy atom. The van der Waals surface area contributed by atoms with Crippen molar-refractivity contribution in [3.8, 4) is 0 Å². The fourth-order valence-electron chi connectivity index (χ4n) is 3.33. The summed E-state index contributed by atoms with van der Waals surface area (Å²) in [6.07, 6.45) is 6.71. The quantitative estimate of drug-likeness (QED) is 0.566. The third-order valence-electron chi connectivity index (χ3n) is 4.55. The lowest BCUT2D eigenvalue weighted by Gasteiger charge is -2.40. The van der Waals surface area contributed by atoms with E-state index in [1.807, 2.05) is 0 Å². The van der Waals surface area contributed by atoms with E-state index in [-0.39, 0.29) is 22.2 Å². The first-order valence-corrected chi connectivity index (χ1v) is 10.2. The lowest BCUT2D eigenvalue weighted by atomic mass is 9.93. The molecule has 0 aromatic heterocycles. The van der Waals surface area contributed by atoms with Crippen molar-refractivity contribution in [2.75, 3.05) is 13.2 Å². The molecule has 3 nitrogen and oxygen atoms in total. The molecule has 124 valence electrons. The molecule has 5 heteroatoms. The summed E-state index contributed by atoms with van der Waals surface area (Å²) in [5, 5.41) is 0. The van der Waals surface area contributed by atoms with E-state index in [1.54, 1.807) is 0 Å². The van der Waals surface area contributed by atoms with Crippen LogP contribution in [-0.4, -0.2) is 35.4 Å². The summed E-state index contributed by atoms with van der Waals surface area (Å²) in [7, 11) is 0. The predicted molar refractivity (Wildman–Crippen MR) is 92.0 cm³/mol. The van der Waals surface area contributed by atoms with Crippen LogP contribution >= 0.6 is 31.9 Å². The molecular formula is C16H28Br2O3. The molecule has 0 N–H and O–H groups in total. The van der Waals surface area contributed by atoms with Crippen LogP contribution in [0.1, 0.15) is 52.4 Å². The van der Waals surface area contributed by atoms with Gasteiger partial charge in [0.15, 0.2) is 12.6 Å². The minimum absolute atomic E-state index is 0.194. The molecule has 2 aliphatic rings. The molecule has 2 fully saturated rings. The van der Waals surface area contributed by atoms with Crippen LogP contribution < -0.4 is 0 Å². The van der Waals surface area contributed by atoms with Gasteiger partial charge in [-0.05, 0) is 37.5 Å². The van der Waals surface area contributed by atoms with Crippen molar-refractivity contribution < 1.29 is 14.2 Å². The van der Waals surface area contributed by atoms with E-state index in [1.165, 1.54) is 25.7 Å². The summed E-state index contributed by atoms with van der Waals surface area (Å²) in [5.74, 6) is 1.27. The van der Waals surface area contributed by atoms with Gasteiger partial charge < -0.3 is 14.2 Å². The summed E-state index contributed by atoms with van der Waals surface area (Å²) >= 11 is 7.59. The zero-order valence-corrected chi connectivity index (χ0v) is 16.3. The average Bonchev–Trinajstić information content (AvgIpc) is 2.48. The molecule has 0 spiro atoms. The lowest BCUT2D eigenvalue weighted by molar-refractivity contribution is -0.268. The van der Waals surface area contributed by atoms with Gasteiger partial charge in [-0.1, -0.05) is 58.5 Å². The van der Waals surface area contributed by atoms with E-state index < -0.39 is 0 Å². The monoisotopic (exact) mass is 426 g/mol. The van der Waals surface area contributed by atoms with Crippen molar-refractivity contribution in [3.05, 3.63) is 0 Å². The maximum Gasteiger partial charge on any atom is 0.173 e. The SMILES string of the molecule is CCCC1CCOC(OC2OCCC(CCC)C2Br)C1Br. The molecule has 6 unspecified atom stereocenters. The van der Waals surface area contributed by atoms with Gasteiger partial charge in [0.1, 0.15) is 0 Å². The van der Waals surface area contributed by atoms with Crippen LogP contribution in [0.4, 0.5) is 0 Å². The van der Waals surface area contributed by atoms with Crippen LogP contribution in [0.25, 0.3) is 0 Å². The van der Waals surface area contributed by atoms with Crippen molar-refractivity contribution in [2.45, 2.75) is 74.6 Å². The highest BCUT2D eigenvalue weighted by molar-refractivity contribution is 9.09. The fourth-order valence-corrected chi connectivity index (χ4v) is 4.94. The van der Waals surface area contributed by atoms with Crippen molar-refractivity contribution in [1.82, 2.24) is 0 Å². The van der Waals surface area contributed by atoms with Gasteiger partial charge in [0.2, 0.25) is 0 Å². The van der Waals surface area contributed by atoms with Gasteiger partial charge in [0.05, 0.1) is 22.9 Å². The molecule has 6 atom stereocenters. The second kappa shape index (κ2) is 9.21. The maximum absolute atomic E-state index is 6.17. The van der Waals surface area contributed by atoms with E-state index in [0.717, 1.165) is 26.1 Å². The molecule has 2 heterocycles. The summed E-state index contributed by atoms with van der Waals surface area (Å²) in [5.41, 5.74) is 0. The Labute approximate surface area is 145 Å². The third-order valence-corrected chi connectivity index (χ3v) is 6.91. The van der Waals surface area contributed by atoms with E-state index >= 15 is 0 Å². The van der Waals surface area contributed by atoms with Gasteiger partial charge >= 0.3 is 0 Å². The minimum Gasteiger partial charge on any atom is -0.351 e. The van der Waals surface area contributed by atoms with Crippen molar-refractivity contribution in [1.29, 1.82) is 0 Å². The van der Waals surface area contributed by atoms with Gasteiger partial charge in [0, 0.05) is 0 Å². The molecule has 2 rings (SSSR count). The number of hydrogen-bond acceptors (Lipinski definition) is 3. The van der Waals surface area contributed by atoms with Crippen LogP contribution in [0.5, 0.6) is 0 Å². The molecule has 0 amide bonds. The molecule has 0 aliphatic carbocycles. The summed E-state index contributed by atoms with van der Waals surface area (Å²) in [4.78, 5) is 0.530. The normalized spacial score (nSPS) is 41.1. The Morgan fingerprint density at radius 1 is 0.857 bits per heavy atom. The molecule has 2 saturated heterocycles. The molecule has 0 aromatic rings. The van der Waals surface area contributed by atoms with Crippen LogP contribution in [-0.2, 0) is 14.2 Å². The van der Waals surface area contributed by atoms with E-state index in [9.17, 15) is 0 Å². The summed E-state index contributed by atoms with van der Waals surface area (Å²) in [6.45, 7) is 6.04. The van der Waals surface area contributed by atoms with Gasteiger partial charge in [-0.15, -0.1) is 0 Å². The Kier molecular flexibility index (Phi) is 7.98. The maximum atomic E-state index is 6.17. The molecule has 0 aromatic carbocycles. The molecule has 0 bridgehead atoms. The summed E-state index contributed by atoms with van der Waals surface area (Å²) in [6, 6.07) is 0. The number of ether oxygens (including phenoxy) is 3. The van der Waals surface area contributed by atoms with Crippen molar-refractivity contribution in [2.24, 2.45) is 11.8 Å². The third kappa shape index (κ3) is 4.90. The second-order valence-corrected chi connectivity index (χ2v) is 8.29. The number of alkyl halides is 2. The standard InChI is InChI=1S/C16H28Br2O3/c1-3-5-11-7-9-19-15(13(11)17)21-16-14(18)12(6-4-2)8-10-20-16/h11-16H,3-10H2,1-2H3. The average molecular weight is 428 g/mol. The zero-order chi connectivity index (χ0) is 15.2. The molecular weight excluding hydrogens is 400 g/mol. The number of halogens is 2. The van der Waals surface area contributed by atoms with Crippen LogP contribution in [0.2, 0.25) is 0 Å². The lowest BCUT2D eigenvalue weighted by Crippen LogP contribution is -2.46. The molecule has 0 radical (unpaired) electrons.